The molecular weight excluding hydrogens is 348 g/mol. The van der Waals surface area contributed by atoms with Gasteiger partial charge in [0, 0.05) is 5.69 Å². The zero-order valence-corrected chi connectivity index (χ0v) is 15.3. The average Bonchev–Trinajstić information content (AvgIpc) is 2.64. The summed E-state index contributed by atoms with van der Waals surface area (Å²) in [5.41, 5.74) is 1.38. The van der Waals surface area contributed by atoms with E-state index < -0.39 is 17.8 Å². The van der Waals surface area contributed by atoms with E-state index in [0.717, 1.165) is 0 Å². The SMILES string of the molecule is CCOC(=O)c1ccc(NC(=O)CC(=O)Nc2ccccc2OCC)cc1. The number of carbonyl (C=O) groups excluding carboxylic acids is 3. The molecule has 0 aliphatic carbocycles. The van der Waals surface area contributed by atoms with Crippen LogP contribution in [-0.4, -0.2) is 31.0 Å². The van der Waals surface area contributed by atoms with Crippen molar-refractivity contribution in [1.82, 2.24) is 0 Å². The van der Waals surface area contributed by atoms with Crippen LogP contribution < -0.4 is 15.4 Å². The van der Waals surface area contributed by atoms with E-state index in [4.69, 9.17) is 9.47 Å². The molecule has 0 bridgehead atoms. The molecule has 0 fully saturated rings. The molecule has 0 saturated carbocycles. The highest BCUT2D eigenvalue weighted by molar-refractivity contribution is 6.08. The molecule has 2 N–H and O–H groups in total. The van der Waals surface area contributed by atoms with Crippen LogP contribution in [0.5, 0.6) is 5.75 Å². The molecule has 2 aromatic carbocycles. The highest BCUT2D eigenvalue weighted by atomic mass is 16.5. The van der Waals surface area contributed by atoms with E-state index in [1.807, 2.05) is 6.92 Å². The monoisotopic (exact) mass is 370 g/mol. The van der Waals surface area contributed by atoms with Crippen molar-refractivity contribution in [1.29, 1.82) is 0 Å². The zero-order valence-electron chi connectivity index (χ0n) is 15.3. The van der Waals surface area contributed by atoms with Crippen molar-refractivity contribution >= 4 is 29.2 Å². The van der Waals surface area contributed by atoms with E-state index in [1.54, 1.807) is 55.5 Å². The van der Waals surface area contributed by atoms with E-state index in [-0.39, 0.29) is 6.42 Å². The Morgan fingerprint density at radius 1 is 0.852 bits per heavy atom. The molecule has 27 heavy (non-hydrogen) atoms. The first-order valence-corrected chi connectivity index (χ1v) is 8.62. The summed E-state index contributed by atoms with van der Waals surface area (Å²) < 4.78 is 10.3. The fourth-order valence-electron chi connectivity index (χ4n) is 2.30. The Balaban J connectivity index is 1.90. The third-order valence-electron chi connectivity index (χ3n) is 3.46. The Kier molecular flexibility index (Phi) is 7.37. The maximum atomic E-state index is 12.1. The van der Waals surface area contributed by atoms with E-state index in [1.165, 1.54) is 0 Å². The Morgan fingerprint density at radius 2 is 1.52 bits per heavy atom. The normalized spacial score (nSPS) is 10.0. The minimum atomic E-state index is -0.467. The highest BCUT2D eigenvalue weighted by Gasteiger charge is 2.13. The van der Waals surface area contributed by atoms with Gasteiger partial charge in [0.25, 0.3) is 0 Å². The number of hydrogen-bond acceptors (Lipinski definition) is 5. The first kappa shape index (κ1) is 20.0. The first-order chi connectivity index (χ1) is 13.0. The smallest absolute Gasteiger partial charge is 0.338 e. The second-order valence-corrected chi connectivity index (χ2v) is 5.50. The van der Waals surface area contributed by atoms with Crippen molar-refractivity contribution in [3.63, 3.8) is 0 Å². The van der Waals surface area contributed by atoms with E-state index in [2.05, 4.69) is 10.6 Å². The average molecular weight is 370 g/mol. The summed E-state index contributed by atoms with van der Waals surface area (Å²) in [5.74, 6) is -0.806. The van der Waals surface area contributed by atoms with Gasteiger partial charge in [0.15, 0.2) is 0 Å². The van der Waals surface area contributed by atoms with Crippen LogP contribution in [-0.2, 0) is 14.3 Å². The molecule has 2 rings (SSSR count). The Morgan fingerprint density at radius 3 is 2.19 bits per heavy atom. The summed E-state index contributed by atoms with van der Waals surface area (Å²) >= 11 is 0. The minimum absolute atomic E-state index is 0.291. The van der Waals surface area contributed by atoms with Gasteiger partial charge in [0.2, 0.25) is 11.8 Å². The van der Waals surface area contributed by atoms with Gasteiger partial charge in [-0.05, 0) is 50.2 Å². The number of amides is 2. The molecule has 142 valence electrons. The molecule has 7 heteroatoms. The van der Waals surface area contributed by atoms with Crippen molar-refractivity contribution in [2.45, 2.75) is 20.3 Å². The second-order valence-electron chi connectivity index (χ2n) is 5.50. The number of carbonyl (C=O) groups is 3. The van der Waals surface area contributed by atoms with E-state index in [0.29, 0.717) is 35.9 Å². The lowest BCUT2D eigenvalue weighted by Gasteiger charge is -2.11. The quantitative estimate of drug-likeness (QED) is 0.550. The van der Waals surface area contributed by atoms with Gasteiger partial charge in [-0.1, -0.05) is 12.1 Å². The molecule has 0 heterocycles. The molecule has 0 unspecified atom stereocenters. The topological polar surface area (TPSA) is 93.7 Å². The molecule has 0 spiro atoms. The molecular formula is C20H22N2O5. The van der Waals surface area contributed by atoms with Crippen LogP contribution in [0.15, 0.2) is 48.5 Å². The molecule has 2 amide bonds. The predicted molar refractivity (Wildman–Crippen MR) is 102 cm³/mol. The number of nitrogens with one attached hydrogen (secondary N) is 2. The molecule has 0 aromatic heterocycles. The van der Waals surface area contributed by atoms with Crippen LogP contribution in [0.2, 0.25) is 0 Å². The van der Waals surface area contributed by atoms with Gasteiger partial charge in [-0.15, -0.1) is 0 Å². The Bertz CT molecular complexity index is 802. The van der Waals surface area contributed by atoms with Crippen LogP contribution in [0, 0.1) is 0 Å². The van der Waals surface area contributed by atoms with Crippen LogP contribution in [0.3, 0.4) is 0 Å². The van der Waals surface area contributed by atoms with Crippen molar-refractivity contribution in [2.24, 2.45) is 0 Å². The predicted octanol–water partition coefficient (Wildman–Crippen LogP) is 3.23. The van der Waals surface area contributed by atoms with E-state index >= 15 is 0 Å². The standard InChI is InChI=1S/C20H22N2O5/c1-3-26-17-8-6-5-7-16(17)22-19(24)13-18(23)21-15-11-9-14(10-12-15)20(25)27-4-2/h5-12H,3-4,13H2,1-2H3,(H,21,23)(H,22,24). The van der Waals surface area contributed by atoms with Gasteiger partial charge >= 0.3 is 5.97 Å². The van der Waals surface area contributed by atoms with Gasteiger partial charge in [-0.25, -0.2) is 4.79 Å². The fraction of sp³-hybridized carbons (Fsp3) is 0.250. The number of hydrogen-bond donors (Lipinski definition) is 2. The van der Waals surface area contributed by atoms with Crippen LogP contribution in [0.25, 0.3) is 0 Å². The van der Waals surface area contributed by atoms with Gasteiger partial charge in [-0.2, -0.15) is 0 Å². The van der Waals surface area contributed by atoms with Crippen LogP contribution in [0.4, 0.5) is 11.4 Å². The number of para-hydroxylation sites is 2. The maximum Gasteiger partial charge on any atom is 0.338 e. The van der Waals surface area contributed by atoms with Gasteiger partial charge in [0.1, 0.15) is 12.2 Å². The zero-order chi connectivity index (χ0) is 19.6. The van der Waals surface area contributed by atoms with Crippen LogP contribution in [0.1, 0.15) is 30.6 Å². The second kappa shape index (κ2) is 9.96. The van der Waals surface area contributed by atoms with Crippen LogP contribution >= 0.6 is 0 Å². The number of benzene rings is 2. The van der Waals surface area contributed by atoms with Crippen molar-refractivity contribution < 1.29 is 23.9 Å². The molecule has 0 aliphatic rings. The third-order valence-corrected chi connectivity index (χ3v) is 3.46. The molecule has 0 atom stereocenters. The number of anilines is 2. The molecule has 0 aliphatic heterocycles. The lowest BCUT2D eigenvalue weighted by atomic mass is 10.2. The fourth-order valence-corrected chi connectivity index (χ4v) is 2.30. The summed E-state index contributed by atoms with van der Waals surface area (Å²) in [4.78, 5) is 35.7. The van der Waals surface area contributed by atoms with Crippen molar-refractivity contribution in [3.8, 4) is 5.75 Å². The lowest BCUT2D eigenvalue weighted by Crippen LogP contribution is -2.21. The summed E-state index contributed by atoms with van der Waals surface area (Å²) in [7, 11) is 0. The number of esters is 1. The Labute approximate surface area is 157 Å². The first-order valence-electron chi connectivity index (χ1n) is 8.62. The summed E-state index contributed by atoms with van der Waals surface area (Å²) in [6, 6.07) is 13.3. The van der Waals surface area contributed by atoms with Gasteiger partial charge in [-0.3, -0.25) is 9.59 Å². The highest BCUT2D eigenvalue weighted by Crippen LogP contribution is 2.23. The van der Waals surface area contributed by atoms with Crippen molar-refractivity contribution in [3.05, 3.63) is 54.1 Å². The molecule has 2 aromatic rings. The number of rotatable bonds is 8. The molecule has 0 saturated heterocycles. The molecule has 7 nitrogen and oxygen atoms in total. The lowest BCUT2D eigenvalue weighted by molar-refractivity contribution is -0.123. The third kappa shape index (κ3) is 6.14. The van der Waals surface area contributed by atoms with Gasteiger partial charge in [0.05, 0.1) is 24.5 Å². The van der Waals surface area contributed by atoms with Crippen molar-refractivity contribution in [2.75, 3.05) is 23.8 Å². The summed E-state index contributed by atoms with van der Waals surface area (Å²) in [5, 5.41) is 5.28. The Hall–Kier alpha value is -3.35. The van der Waals surface area contributed by atoms with E-state index in [9.17, 15) is 14.4 Å². The maximum absolute atomic E-state index is 12.1. The van der Waals surface area contributed by atoms with Gasteiger partial charge < -0.3 is 20.1 Å². The largest absolute Gasteiger partial charge is 0.492 e. The summed E-state index contributed by atoms with van der Waals surface area (Å²) in [6.45, 7) is 4.33. The minimum Gasteiger partial charge on any atom is -0.492 e. The molecule has 0 radical (unpaired) electrons. The summed E-state index contributed by atoms with van der Waals surface area (Å²) in [6.07, 6.45) is -0.347. The number of ether oxygens (including phenoxy) is 2.